The van der Waals surface area contributed by atoms with Crippen LogP contribution in [0.4, 0.5) is 5.69 Å². The van der Waals surface area contributed by atoms with E-state index in [-0.39, 0.29) is 18.4 Å². The second kappa shape index (κ2) is 9.89. The van der Waals surface area contributed by atoms with Crippen LogP contribution < -0.4 is 19.5 Å². The molecule has 0 saturated heterocycles. The number of pyridine rings is 1. The molecule has 0 radical (unpaired) electrons. The highest BCUT2D eigenvalue weighted by Gasteiger charge is 2.27. The maximum atomic E-state index is 13.2. The summed E-state index contributed by atoms with van der Waals surface area (Å²) in [5, 5.41) is 10.1. The Hall–Kier alpha value is -4.33. The Morgan fingerprint density at radius 1 is 1.20 bits per heavy atom. The number of H-pyrrole nitrogens is 1. The smallest absolute Gasteiger partial charge is 0.231 e. The first kappa shape index (κ1) is 22.5. The normalized spacial score (nSPS) is 14.5. The Morgan fingerprint density at radius 2 is 2.11 bits per heavy atom. The Kier molecular flexibility index (Phi) is 6.34. The molecule has 0 bridgehead atoms. The number of anilines is 1. The predicted molar refractivity (Wildman–Crippen MR) is 132 cm³/mol. The first-order valence-electron chi connectivity index (χ1n) is 11.4. The van der Waals surface area contributed by atoms with Crippen molar-refractivity contribution in [2.45, 2.75) is 20.0 Å². The summed E-state index contributed by atoms with van der Waals surface area (Å²) < 4.78 is 17.3. The number of carbonyl (C=O) groups excluding carboxylic acids is 1. The summed E-state index contributed by atoms with van der Waals surface area (Å²) in [6.45, 7) is 2.54. The third kappa shape index (κ3) is 4.96. The van der Waals surface area contributed by atoms with Crippen LogP contribution in [0.25, 0.3) is 11.1 Å². The largest absolute Gasteiger partial charge is 0.497 e. The van der Waals surface area contributed by atoms with Gasteiger partial charge in [-0.25, -0.2) is 0 Å². The number of hydrogen-bond acceptors (Lipinski definition) is 6. The fourth-order valence-corrected chi connectivity index (χ4v) is 4.09. The first-order valence-corrected chi connectivity index (χ1v) is 11.4. The van der Waals surface area contributed by atoms with Crippen molar-refractivity contribution in [2.24, 2.45) is 5.92 Å². The summed E-state index contributed by atoms with van der Waals surface area (Å²) in [7, 11) is 1.62. The molecule has 0 fully saturated rings. The molecule has 0 aliphatic carbocycles. The van der Waals surface area contributed by atoms with Crippen molar-refractivity contribution < 1.29 is 19.0 Å². The summed E-state index contributed by atoms with van der Waals surface area (Å²) in [5.74, 6) is 1.61. The molecule has 1 aliphatic rings. The molecule has 3 heterocycles. The SMILES string of the molecule is COc1ccc2c(c1)CC(C(=O)Nc1ccc(-c3cn[nH]c3C)cc1OCc1ccccn1)CO2. The number of benzene rings is 2. The zero-order valence-corrected chi connectivity index (χ0v) is 19.6. The van der Waals surface area contributed by atoms with Crippen molar-refractivity contribution in [3.63, 3.8) is 0 Å². The highest BCUT2D eigenvalue weighted by Crippen LogP contribution is 2.34. The van der Waals surface area contributed by atoms with Crippen LogP contribution in [0.3, 0.4) is 0 Å². The van der Waals surface area contributed by atoms with E-state index in [0.29, 0.717) is 24.5 Å². The van der Waals surface area contributed by atoms with Gasteiger partial charge in [0, 0.05) is 17.5 Å². The number of ether oxygens (including phenoxy) is 3. The zero-order valence-electron chi connectivity index (χ0n) is 19.6. The van der Waals surface area contributed by atoms with E-state index in [4.69, 9.17) is 14.2 Å². The van der Waals surface area contributed by atoms with Crippen LogP contribution in [-0.2, 0) is 17.8 Å². The molecule has 35 heavy (non-hydrogen) atoms. The number of nitrogens with zero attached hydrogens (tertiary/aromatic N) is 2. The van der Waals surface area contributed by atoms with E-state index >= 15 is 0 Å². The number of carbonyl (C=O) groups is 1. The number of fused-ring (bicyclic) bond motifs is 1. The molecule has 1 amide bonds. The van der Waals surface area contributed by atoms with Gasteiger partial charge in [-0.1, -0.05) is 12.1 Å². The zero-order chi connectivity index (χ0) is 24.2. The van der Waals surface area contributed by atoms with Gasteiger partial charge in [0.2, 0.25) is 5.91 Å². The second-order valence-corrected chi connectivity index (χ2v) is 8.40. The number of amides is 1. The van der Waals surface area contributed by atoms with Gasteiger partial charge in [0.25, 0.3) is 0 Å². The average molecular weight is 471 g/mol. The molecule has 1 aliphatic heterocycles. The van der Waals surface area contributed by atoms with Crippen LogP contribution in [0.15, 0.2) is 67.0 Å². The van der Waals surface area contributed by atoms with Crippen LogP contribution in [0.5, 0.6) is 17.2 Å². The second-order valence-electron chi connectivity index (χ2n) is 8.40. The molecule has 178 valence electrons. The maximum absolute atomic E-state index is 13.2. The van der Waals surface area contributed by atoms with Crippen molar-refractivity contribution in [3.8, 4) is 28.4 Å². The van der Waals surface area contributed by atoms with Gasteiger partial charge in [0.1, 0.15) is 30.5 Å². The topological polar surface area (TPSA) is 98.4 Å². The van der Waals surface area contributed by atoms with E-state index in [0.717, 1.165) is 39.6 Å². The summed E-state index contributed by atoms with van der Waals surface area (Å²) >= 11 is 0. The standard InChI is InChI=1S/C27H26N4O4/c1-17-23(14-29-31-17)18-6-8-24(26(13-18)35-16-21-5-3-4-10-28-21)30-27(32)20-11-19-12-22(33-2)7-9-25(19)34-15-20/h3-10,12-14,20H,11,15-16H2,1-2H3,(H,29,31)(H,30,32). The van der Waals surface area contributed by atoms with Gasteiger partial charge >= 0.3 is 0 Å². The van der Waals surface area contributed by atoms with Crippen LogP contribution >= 0.6 is 0 Å². The molecule has 2 aromatic heterocycles. The lowest BCUT2D eigenvalue weighted by atomic mass is 9.95. The molecular formula is C27H26N4O4. The minimum atomic E-state index is -0.339. The van der Waals surface area contributed by atoms with Crippen molar-refractivity contribution >= 4 is 11.6 Å². The van der Waals surface area contributed by atoms with Crippen molar-refractivity contribution in [1.29, 1.82) is 0 Å². The number of methoxy groups -OCH3 is 1. The highest BCUT2D eigenvalue weighted by atomic mass is 16.5. The fraction of sp³-hybridized carbons (Fsp3) is 0.222. The van der Waals surface area contributed by atoms with Gasteiger partial charge in [-0.3, -0.25) is 14.9 Å². The van der Waals surface area contributed by atoms with Gasteiger partial charge in [0.05, 0.1) is 30.6 Å². The van der Waals surface area contributed by atoms with E-state index in [1.54, 1.807) is 19.5 Å². The Morgan fingerprint density at radius 3 is 2.89 bits per heavy atom. The molecule has 1 atom stereocenters. The van der Waals surface area contributed by atoms with Crippen molar-refractivity contribution in [3.05, 3.63) is 83.9 Å². The van der Waals surface area contributed by atoms with Crippen LogP contribution in [0.1, 0.15) is 17.0 Å². The number of aromatic amines is 1. The Labute approximate surface area is 203 Å². The molecule has 1 unspecified atom stereocenters. The third-order valence-corrected chi connectivity index (χ3v) is 6.03. The maximum Gasteiger partial charge on any atom is 0.231 e. The minimum Gasteiger partial charge on any atom is -0.497 e. The summed E-state index contributed by atoms with van der Waals surface area (Å²) in [6.07, 6.45) is 4.06. The van der Waals surface area contributed by atoms with Crippen LogP contribution in [-0.4, -0.2) is 34.8 Å². The third-order valence-electron chi connectivity index (χ3n) is 6.03. The molecule has 0 saturated carbocycles. The van der Waals surface area contributed by atoms with E-state index in [1.807, 2.05) is 61.5 Å². The molecule has 8 nitrogen and oxygen atoms in total. The minimum absolute atomic E-state index is 0.131. The van der Waals surface area contributed by atoms with Crippen LogP contribution in [0, 0.1) is 12.8 Å². The molecule has 0 spiro atoms. The lowest BCUT2D eigenvalue weighted by molar-refractivity contribution is -0.121. The van der Waals surface area contributed by atoms with E-state index in [2.05, 4.69) is 20.5 Å². The number of rotatable bonds is 7. The van der Waals surface area contributed by atoms with Gasteiger partial charge < -0.3 is 19.5 Å². The number of aromatic nitrogens is 3. The summed E-state index contributed by atoms with van der Waals surface area (Å²) in [6, 6.07) is 17.0. The Bertz CT molecular complexity index is 1340. The fourth-order valence-electron chi connectivity index (χ4n) is 4.09. The highest BCUT2D eigenvalue weighted by molar-refractivity contribution is 5.95. The molecule has 5 rings (SSSR count). The van der Waals surface area contributed by atoms with E-state index in [9.17, 15) is 4.79 Å². The van der Waals surface area contributed by atoms with E-state index < -0.39 is 0 Å². The Balaban J connectivity index is 1.37. The number of nitrogens with one attached hydrogen (secondary N) is 2. The van der Waals surface area contributed by atoms with Gasteiger partial charge in [-0.15, -0.1) is 0 Å². The quantitative estimate of drug-likeness (QED) is 0.411. The molecular weight excluding hydrogens is 444 g/mol. The van der Waals surface area contributed by atoms with Crippen LogP contribution in [0.2, 0.25) is 0 Å². The lowest BCUT2D eigenvalue weighted by Crippen LogP contribution is -2.32. The van der Waals surface area contributed by atoms with Gasteiger partial charge in [0.15, 0.2) is 0 Å². The van der Waals surface area contributed by atoms with Crippen molar-refractivity contribution in [2.75, 3.05) is 19.0 Å². The van der Waals surface area contributed by atoms with Crippen molar-refractivity contribution in [1.82, 2.24) is 15.2 Å². The first-order chi connectivity index (χ1) is 17.1. The van der Waals surface area contributed by atoms with Gasteiger partial charge in [-0.2, -0.15) is 5.10 Å². The molecule has 2 aromatic carbocycles. The van der Waals surface area contributed by atoms with Gasteiger partial charge in [-0.05, 0) is 66.9 Å². The monoisotopic (exact) mass is 470 g/mol. The number of aryl methyl sites for hydroxylation is 1. The summed E-state index contributed by atoms with van der Waals surface area (Å²) in [5.41, 5.74) is 5.19. The molecule has 8 heteroatoms. The average Bonchev–Trinajstić information content (AvgIpc) is 3.33. The number of hydrogen-bond donors (Lipinski definition) is 2. The molecule has 4 aromatic rings. The summed E-state index contributed by atoms with van der Waals surface area (Å²) in [4.78, 5) is 17.5. The molecule has 2 N–H and O–H groups in total. The van der Waals surface area contributed by atoms with E-state index in [1.165, 1.54) is 0 Å². The lowest BCUT2D eigenvalue weighted by Gasteiger charge is -2.25. The predicted octanol–water partition coefficient (Wildman–Crippen LogP) is 4.56.